The molecule has 1 aliphatic heterocycles. The Morgan fingerprint density at radius 2 is 2.29 bits per heavy atom. The van der Waals surface area contributed by atoms with Crippen LogP contribution in [0.25, 0.3) is 0 Å². The summed E-state index contributed by atoms with van der Waals surface area (Å²) in [5.41, 5.74) is 6.13. The second-order valence-electron chi connectivity index (χ2n) is 6.55. The summed E-state index contributed by atoms with van der Waals surface area (Å²) in [6.45, 7) is 6.59. The van der Waals surface area contributed by atoms with Crippen LogP contribution in [0.5, 0.6) is 0 Å². The average molecular weight is 354 g/mol. The van der Waals surface area contributed by atoms with E-state index in [2.05, 4.69) is 26.2 Å². The molecule has 5 nitrogen and oxygen atoms in total. The second-order valence-corrected chi connectivity index (χ2v) is 7.47. The summed E-state index contributed by atoms with van der Waals surface area (Å²) in [6, 6.07) is 1.92. The van der Waals surface area contributed by atoms with Gasteiger partial charge in [-0.1, -0.05) is 13.8 Å². The van der Waals surface area contributed by atoms with E-state index in [4.69, 9.17) is 10.5 Å². The van der Waals surface area contributed by atoms with Crippen molar-refractivity contribution in [2.45, 2.75) is 38.8 Å². The minimum absolute atomic E-state index is 0.0761. The molecule has 1 saturated carbocycles. The van der Waals surface area contributed by atoms with Crippen molar-refractivity contribution in [3.8, 4) is 0 Å². The number of carbonyl (C=O) groups excluding carboxylic acids is 1. The monoisotopic (exact) mass is 353 g/mol. The van der Waals surface area contributed by atoms with Gasteiger partial charge >= 0.3 is 0 Å². The van der Waals surface area contributed by atoms with Crippen molar-refractivity contribution in [2.75, 3.05) is 11.9 Å². The zero-order valence-electron chi connectivity index (χ0n) is 12.4. The molecule has 3 N–H and O–H groups in total. The van der Waals surface area contributed by atoms with Crippen LogP contribution in [-0.2, 0) is 9.53 Å². The van der Waals surface area contributed by atoms with E-state index in [1.807, 2.05) is 26.8 Å². The third kappa shape index (κ3) is 1.96. The minimum Gasteiger partial charge on any atom is -0.377 e. The maximum absolute atomic E-state index is 12.8. The van der Waals surface area contributed by atoms with E-state index >= 15 is 0 Å². The number of nitrogens with two attached hydrogens (primary N) is 1. The molecule has 1 amide bonds. The standard InChI is InChI=1S/C15H20BrN3O2/c1-8-6-9(16)7-18-12(8)19-13(20)15(17)10-4-5-21-11(10)14(15,2)3/h6-7,10-11H,4-5,17H2,1-3H3,(H,18,19,20). The number of halogens is 1. The van der Waals surface area contributed by atoms with Gasteiger partial charge in [-0.3, -0.25) is 4.79 Å². The van der Waals surface area contributed by atoms with Crippen LogP contribution in [0.1, 0.15) is 25.8 Å². The number of anilines is 1. The van der Waals surface area contributed by atoms with E-state index < -0.39 is 5.54 Å². The third-order valence-electron chi connectivity index (χ3n) is 5.11. The molecule has 3 atom stereocenters. The summed E-state index contributed by atoms with van der Waals surface area (Å²) in [4.78, 5) is 17.0. The van der Waals surface area contributed by atoms with Crippen molar-refractivity contribution in [1.82, 2.24) is 4.98 Å². The van der Waals surface area contributed by atoms with Gasteiger partial charge in [0.05, 0.1) is 6.10 Å². The van der Waals surface area contributed by atoms with Crippen LogP contribution in [0.2, 0.25) is 0 Å². The van der Waals surface area contributed by atoms with Gasteiger partial charge in [-0.25, -0.2) is 4.98 Å². The normalized spacial score (nSPS) is 33.2. The van der Waals surface area contributed by atoms with Gasteiger partial charge < -0.3 is 15.8 Å². The fourth-order valence-electron chi connectivity index (χ4n) is 3.73. The number of rotatable bonds is 2. The van der Waals surface area contributed by atoms with Crippen molar-refractivity contribution in [3.05, 3.63) is 22.3 Å². The minimum atomic E-state index is -0.907. The Morgan fingerprint density at radius 3 is 2.95 bits per heavy atom. The third-order valence-corrected chi connectivity index (χ3v) is 5.54. The van der Waals surface area contributed by atoms with E-state index in [0.29, 0.717) is 12.4 Å². The average Bonchev–Trinajstić information content (AvgIpc) is 2.89. The van der Waals surface area contributed by atoms with E-state index in [1.165, 1.54) is 0 Å². The smallest absolute Gasteiger partial charge is 0.246 e. The zero-order chi connectivity index (χ0) is 15.4. The van der Waals surface area contributed by atoms with Crippen LogP contribution in [0.15, 0.2) is 16.7 Å². The van der Waals surface area contributed by atoms with Crippen LogP contribution >= 0.6 is 15.9 Å². The van der Waals surface area contributed by atoms with Gasteiger partial charge in [0, 0.05) is 28.6 Å². The maximum atomic E-state index is 12.8. The summed E-state index contributed by atoms with van der Waals surface area (Å²) in [5, 5.41) is 2.90. The summed E-state index contributed by atoms with van der Waals surface area (Å²) in [7, 11) is 0. The molecular weight excluding hydrogens is 334 g/mol. The molecule has 2 fully saturated rings. The molecule has 0 spiro atoms. The molecular formula is C15H20BrN3O2. The lowest BCUT2D eigenvalue weighted by atomic mass is 9.48. The molecule has 2 heterocycles. The Kier molecular flexibility index (Phi) is 3.39. The number of fused-ring (bicyclic) bond motifs is 1. The SMILES string of the molecule is Cc1cc(Br)cnc1NC(=O)C1(N)C2CCOC2C1(C)C. The van der Waals surface area contributed by atoms with E-state index in [1.54, 1.807) is 6.20 Å². The maximum Gasteiger partial charge on any atom is 0.246 e. The van der Waals surface area contributed by atoms with Gasteiger partial charge in [-0.15, -0.1) is 0 Å². The molecule has 1 aliphatic carbocycles. The highest BCUT2D eigenvalue weighted by molar-refractivity contribution is 9.10. The fraction of sp³-hybridized carbons (Fsp3) is 0.600. The number of hydrogen-bond acceptors (Lipinski definition) is 4. The first kappa shape index (κ1) is 14.9. The Balaban J connectivity index is 1.85. The topological polar surface area (TPSA) is 77.2 Å². The second kappa shape index (κ2) is 4.76. The van der Waals surface area contributed by atoms with Gasteiger partial charge in [0.1, 0.15) is 11.4 Å². The molecule has 1 aromatic heterocycles. The highest BCUT2D eigenvalue weighted by Crippen LogP contribution is 2.58. The van der Waals surface area contributed by atoms with Crippen molar-refractivity contribution in [1.29, 1.82) is 0 Å². The molecule has 1 aromatic rings. The van der Waals surface area contributed by atoms with Crippen molar-refractivity contribution in [3.63, 3.8) is 0 Å². The number of amides is 1. The summed E-state index contributed by atoms with van der Waals surface area (Å²) < 4.78 is 6.60. The van der Waals surface area contributed by atoms with Crippen molar-refractivity contribution in [2.24, 2.45) is 17.1 Å². The van der Waals surface area contributed by atoms with Gasteiger partial charge in [0.25, 0.3) is 0 Å². The first-order chi connectivity index (χ1) is 9.78. The molecule has 0 aromatic carbocycles. The van der Waals surface area contributed by atoms with Crippen LogP contribution in [0.4, 0.5) is 5.82 Å². The number of ether oxygens (including phenoxy) is 1. The molecule has 21 heavy (non-hydrogen) atoms. The summed E-state index contributed by atoms with van der Waals surface area (Å²) in [6.07, 6.45) is 2.58. The van der Waals surface area contributed by atoms with E-state index in [9.17, 15) is 4.79 Å². The van der Waals surface area contributed by atoms with Crippen LogP contribution in [0.3, 0.4) is 0 Å². The Hall–Kier alpha value is -0.980. The van der Waals surface area contributed by atoms with Crippen LogP contribution < -0.4 is 11.1 Å². The first-order valence-corrected chi connectivity index (χ1v) is 7.92. The largest absolute Gasteiger partial charge is 0.377 e. The molecule has 0 radical (unpaired) electrons. The summed E-state index contributed by atoms with van der Waals surface area (Å²) >= 11 is 3.37. The van der Waals surface area contributed by atoms with E-state index in [-0.39, 0.29) is 23.3 Å². The van der Waals surface area contributed by atoms with Gasteiger partial charge in [-0.05, 0) is 40.9 Å². The lowest BCUT2D eigenvalue weighted by Crippen LogP contribution is -2.79. The van der Waals surface area contributed by atoms with Crippen LogP contribution in [0, 0.1) is 18.3 Å². The number of nitrogens with zero attached hydrogens (tertiary/aromatic N) is 1. The predicted molar refractivity (Wildman–Crippen MR) is 83.9 cm³/mol. The molecule has 2 aliphatic rings. The number of pyridine rings is 1. The quantitative estimate of drug-likeness (QED) is 0.854. The highest BCUT2D eigenvalue weighted by atomic mass is 79.9. The van der Waals surface area contributed by atoms with Gasteiger partial charge in [-0.2, -0.15) is 0 Å². The van der Waals surface area contributed by atoms with Crippen LogP contribution in [-0.4, -0.2) is 29.1 Å². The molecule has 6 heteroatoms. The van der Waals surface area contributed by atoms with Crippen molar-refractivity contribution >= 4 is 27.7 Å². The number of hydrogen-bond donors (Lipinski definition) is 2. The lowest BCUT2D eigenvalue weighted by molar-refractivity contribution is -0.170. The van der Waals surface area contributed by atoms with Crippen molar-refractivity contribution < 1.29 is 9.53 Å². The number of aryl methyl sites for hydroxylation is 1. The molecule has 1 saturated heterocycles. The Morgan fingerprint density at radius 1 is 1.57 bits per heavy atom. The highest BCUT2D eigenvalue weighted by Gasteiger charge is 2.71. The first-order valence-electron chi connectivity index (χ1n) is 7.12. The molecule has 0 bridgehead atoms. The molecule has 3 unspecified atom stereocenters. The number of nitrogens with one attached hydrogen (secondary N) is 1. The number of carbonyl (C=O) groups is 1. The predicted octanol–water partition coefficient (Wildman–Crippen LogP) is 2.23. The van der Waals surface area contributed by atoms with E-state index in [0.717, 1.165) is 16.5 Å². The number of aromatic nitrogens is 1. The molecule has 3 rings (SSSR count). The molecule has 114 valence electrons. The van der Waals surface area contributed by atoms with Gasteiger partial charge in [0.2, 0.25) is 5.91 Å². The zero-order valence-corrected chi connectivity index (χ0v) is 14.0. The summed E-state index contributed by atoms with van der Waals surface area (Å²) in [5.74, 6) is 0.478. The lowest BCUT2D eigenvalue weighted by Gasteiger charge is -2.60. The Bertz CT molecular complexity index is 605. The van der Waals surface area contributed by atoms with Gasteiger partial charge in [0.15, 0.2) is 0 Å². The fourth-order valence-corrected chi connectivity index (χ4v) is 4.17. The Labute approximate surface area is 132 Å².